The Balaban J connectivity index is 2.00. The van der Waals surface area contributed by atoms with Gasteiger partial charge in [0, 0.05) is 35.8 Å². The van der Waals surface area contributed by atoms with Gasteiger partial charge in [0.25, 0.3) is 0 Å². The molecule has 0 spiro atoms. The molecule has 4 heteroatoms. The lowest BCUT2D eigenvalue weighted by Gasteiger charge is -2.24. The molecule has 1 N–H and O–H groups in total. The summed E-state index contributed by atoms with van der Waals surface area (Å²) < 4.78 is 2.17. The lowest BCUT2D eigenvalue weighted by Crippen LogP contribution is -2.27. The Hall–Kier alpha value is -1.29. The second-order valence-corrected chi connectivity index (χ2v) is 6.11. The van der Waals surface area contributed by atoms with E-state index in [1.807, 2.05) is 23.7 Å². The molecule has 2 aromatic rings. The third kappa shape index (κ3) is 2.93. The number of rotatable bonds is 6. The molecule has 0 amide bonds. The molecular weight excluding hydrogens is 242 g/mol. The van der Waals surface area contributed by atoms with Gasteiger partial charge < -0.3 is 9.88 Å². The highest BCUT2D eigenvalue weighted by Crippen LogP contribution is 2.27. The first-order valence-electron chi connectivity index (χ1n) is 6.42. The maximum absolute atomic E-state index is 4.37. The average Bonchev–Trinajstić information content (AvgIpc) is 2.98. The van der Waals surface area contributed by atoms with Crippen LogP contribution in [0, 0.1) is 0 Å². The van der Waals surface area contributed by atoms with Gasteiger partial charge in [0.15, 0.2) is 0 Å². The Morgan fingerprint density at radius 3 is 2.94 bits per heavy atom. The van der Waals surface area contributed by atoms with E-state index in [-0.39, 0.29) is 5.41 Å². The number of aromatic nitrogens is 2. The number of aryl methyl sites for hydroxylation is 1. The summed E-state index contributed by atoms with van der Waals surface area (Å²) in [4.78, 5) is 5.78. The van der Waals surface area contributed by atoms with Crippen molar-refractivity contribution in [2.24, 2.45) is 0 Å². The highest BCUT2D eigenvalue weighted by Gasteiger charge is 2.21. The molecule has 98 valence electrons. The summed E-state index contributed by atoms with van der Waals surface area (Å²) in [5.74, 6) is 0.974. The van der Waals surface area contributed by atoms with E-state index < -0.39 is 0 Å². The van der Waals surface area contributed by atoms with Gasteiger partial charge in [-0.2, -0.15) is 0 Å². The molecule has 2 aromatic heterocycles. The fourth-order valence-corrected chi connectivity index (χ4v) is 2.80. The summed E-state index contributed by atoms with van der Waals surface area (Å²) in [7, 11) is 0. The van der Waals surface area contributed by atoms with E-state index in [1.165, 1.54) is 4.88 Å². The van der Waals surface area contributed by atoms with Gasteiger partial charge in [-0.05, 0) is 17.9 Å². The molecule has 2 heterocycles. The van der Waals surface area contributed by atoms with Gasteiger partial charge in [-0.3, -0.25) is 0 Å². The van der Waals surface area contributed by atoms with Crippen LogP contribution in [0.15, 0.2) is 29.9 Å². The molecule has 0 atom stereocenters. The third-order valence-corrected chi connectivity index (χ3v) is 4.29. The van der Waals surface area contributed by atoms with E-state index >= 15 is 0 Å². The van der Waals surface area contributed by atoms with E-state index in [2.05, 4.69) is 53.2 Å². The monoisotopic (exact) mass is 263 g/mol. The van der Waals surface area contributed by atoms with Crippen LogP contribution in [-0.4, -0.2) is 16.1 Å². The molecule has 0 saturated heterocycles. The van der Waals surface area contributed by atoms with Crippen LogP contribution in [0.5, 0.6) is 0 Å². The van der Waals surface area contributed by atoms with Crippen molar-refractivity contribution in [3.05, 3.63) is 34.8 Å². The number of nitrogens with zero attached hydrogens (tertiary/aromatic N) is 2. The van der Waals surface area contributed by atoms with Crippen LogP contribution in [0.2, 0.25) is 0 Å². The molecule has 0 saturated carbocycles. The Bertz CT molecular complexity index is 471. The number of thiophene rings is 1. The van der Waals surface area contributed by atoms with Crippen molar-refractivity contribution in [2.45, 2.75) is 39.2 Å². The van der Waals surface area contributed by atoms with Gasteiger partial charge in [-0.25, -0.2) is 4.98 Å². The molecule has 0 radical (unpaired) electrons. The fourth-order valence-electron chi connectivity index (χ4n) is 1.95. The first-order valence-corrected chi connectivity index (χ1v) is 7.30. The molecule has 3 nitrogen and oxygen atoms in total. The van der Waals surface area contributed by atoms with Crippen LogP contribution in [0.25, 0.3) is 0 Å². The zero-order valence-electron chi connectivity index (χ0n) is 11.3. The van der Waals surface area contributed by atoms with Crippen LogP contribution in [0.1, 0.15) is 32.1 Å². The topological polar surface area (TPSA) is 29.9 Å². The highest BCUT2D eigenvalue weighted by atomic mass is 32.1. The third-order valence-electron chi connectivity index (χ3n) is 3.06. The van der Waals surface area contributed by atoms with Crippen molar-refractivity contribution in [3.8, 4) is 0 Å². The first kappa shape index (κ1) is 13.1. The molecule has 0 bridgehead atoms. The largest absolute Gasteiger partial charge is 0.355 e. The normalized spacial score (nSPS) is 11.7. The predicted molar refractivity (Wildman–Crippen MR) is 78.4 cm³/mol. The van der Waals surface area contributed by atoms with E-state index in [0.717, 1.165) is 25.5 Å². The minimum absolute atomic E-state index is 0.136. The van der Waals surface area contributed by atoms with Gasteiger partial charge >= 0.3 is 0 Å². The zero-order chi connectivity index (χ0) is 13.0. The predicted octanol–water partition coefficient (Wildman–Crippen LogP) is 3.74. The Morgan fingerprint density at radius 2 is 2.28 bits per heavy atom. The number of anilines is 1. The van der Waals surface area contributed by atoms with Crippen molar-refractivity contribution in [3.63, 3.8) is 0 Å². The molecule has 2 rings (SSSR count). The molecule has 0 aliphatic heterocycles. The van der Waals surface area contributed by atoms with E-state index in [1.54, 1.807) is 0 Å². The molecule has 0 aromatic carbocycles. The van der Waals surface area contributed by atoms with E-state index in [0.29, 0.717) is 0 Å². The summed E-state index contributed by atoms with van der Waals surface area (Å²) in [5.41, 5.74) is 0.136. The summed E-state index contributed by atoms with van der Waals surface area (Å²) in [6.45, 7) is 8.62. The van der Waals surface area contributed by atoms with Gasteiger partial charge in [0.2, 0.25) is 5.95 Å². The zero-order valence-corrected chi connectivity index (χ0v) is 12.1. The van der Waals surface area contributed by atoms with Crippen LogP contribution < -0.4 is 5.32 Å². The molecule has 0 fully saturated rings. The number of imidazole rings is 1. The summed E-state index contributed by atoms with van der Waals surface area (Å²) in [6.07, 6.45) is 5.01. The van der Waals surface area contributed by atoms with Crippen molar-refractivity contribution >= 4 is 17.3 Å². The first-order chi connectivity index (χ1) is 8.63. The minimum Gasteiger partial charge on any atom is -0.355 e. The van der Waals surface area contributed by atoms with Crippen molar-refractivity contribution < 1.29 is 0 Å². The highest BCUT2D eigenvalue weighted by molar-refractivity contribution is 7.10. The van der Waals surface area contributed by atoms with E-state index in [4.69, 9.17) is 0 Å². The molecule has 0 aliphatic carbocycles. The van der Waals surface area contributed by atoms with Crippen molar-refractivity contribution in [1.82, 2.24) is 9.55 Å². The molecule has 0 unspecified atom stereocenters. The second kappa shape index (κ2) is 5.57. The minimum atomic E-state index is 0.136. The van der Waals surface area contributed by atoms with Gasteiger partial charge in [0.05, 0.1) is 0 Å². The summed E-state index contributed by atoms with van der Waals surface area (Å²) in [6, 6.07) is 4.31. The van der Waals surface area contributed by atoms with Gasteiger partial charge in [-0.1, -0.05) is 26.8 Å². The summed E-state index contributed by atoms with van der Waals surface area (Å²) >= 11 is 1.81. The number of nitrogens with one attached hydrogen (secondary N) is 1. The smallest absolute Gasteiger partial charge is 0.202 e. The molecule has 0 aliphatic rings. The van der Waals surface area contributed by atoms with Gasteiger partial charge in [-0.15, -0.1) is 11.3 Å². The maximum atomic E-state index is 4.37. The lowest BCUT2D eigenvalue weighted by atomic mass is 9.91. The average molecular weight is 263 g/mol. The Labute approximate surface area is 113 Å². The van der Waals surface area contributed by atoms with Crippen LogP contribution in [0.4, 0.5) is 5.95 Å². The molecular formula is C14H21N3S. The molecule has 18 heavy (non-hydrogen) atoms. The maximum Gasteiger partial charge on any atom is 0.202 e. The second-order valence-electron chi connectivity index (χ2n) is 5.16. The number of hydrogen-bond donors (Lipinski definition) is 1. The fraction of sp³-hybridized carbons (Fsp3) is 0.500. The Kier molecular flexibility index (Phi) is 4.07. The SMILES string of the molecule is CCCn1ccnc1NCC(C)(C)c1cccs1. The lowest BCUT2D eigenvalue weighted by molar-refractivity contribution is 0.562. The van der Waals surface area contributed by atoms with Crippen LogP contribution in [-0.2, 0) is 12.0 Å². The number of hydrogen-bond acceptors (Lipinski definition) is 3. The van der Waals surface area contributed by atoms with Gasteiger partial charge in [0.1, 0.15) is 0 Å². The quantitative estimate of drug-likeness (QED) is 0.860. The summed E-state index contributed by atoms with van der Waals surface area (Å²) in [5, 5.41) is 5.60. The standard InChI is InChI=1S/C14H21N3S/c1-4-8-17-9-7-15-13(17)16-11-14(2,3)12-6-5-10-18-12/h5-7,9-10H,4,8,11H2,1-3H3,(H,15,16). The van der Waals surface area contributed by atoms with Crippen LogP contribution >= 0.6 is 11.3 Å². The Morgan fingerprint density at radius 1 is 1.44 bits per heavy atom. The van der Waals surface area contributed by atoms with Crippen LogP contribution in [0.3, 0.4) is 0 Å². The van der Waals surface area contributed by atoms with E-state index in [9.17, 15) is 0 Å². The van der Waals surface area contributed by atoms with Crippen molar-refractivity contribution in [1.29, 1.82) is 0 Å². The van der Waals surface area contributed by atoms with Crippen molar-refractivity contribution in [2.75, 3.05) is 11.9 Å².